The van der Waals surface area contributed by atoms with Gasteiger partial charge in [0.1, 0.15) is 18.3 Å². The third kappa shape index (κ3) is 4.39. The highest BCUT2D eigenvalue weighted by molar-refractivity contribution is 5.74. The number of carbonyl (C=O) groups is 2. The first-order valence-electron chi connectivity index (χ1n) is 7.46. The third-order valence-corrected chi connectivity index (χ3v) is 3.65. The van der Waals surface area contributed by atoms with E-state index in [1.54, 1.807) is 0 Å². The Labute approximate surface area is 128 Å². The number of rotatable bonds is 7. The average molecular weight is 320 g/mol. The molecule has 8 heteroatoms. The molecule has 0 aromatic rings. The lowest BCUT2D eigenvalue weighted by Gasteiger charge is -2.38. The Hall–Kier alpha value is -1.22. The molecule has 1 aliphatic heterocycles. The Morgan fingerprint density at radius 2 is 1.59 bits per heavy atom. The second kappa shape index (κ2) is 8.42. The highest BCUT2D eigenvalue weighted by Gasteiger charge is 2.48. The van der Waals surface area contributed by atoms with Crippen LogP contribution in [0, 0.1) is 5.92 Å². The molecule has 0 saturated carbocycles. The first kappa shape index (κ1) is 18.8. The molecule has 0 aliphatic carbocycles. The van der Waals surface area contributed by atoms with E-state index in [2.05, 4.69) is 0 Å². The highest BCUT2D eigenvalue weighted by atomic mass is 16.7. The Bertz CT molecular complexity index is 379. The van der Waals surface area contributed by atoms with Crippen molar-refractivity contribution in [3.63, 3.8) is 0 Å². The Balaban J connectivity index is 2.77. The van der Waals surface area contributed by atoms with Crippen LogP contribution in [-0.2, 0) is 19.1 Å². The molecule has 8 nitrogen and oxygen atoms in total. The zero-order chi connectivity index (χ0) is 16.9. The van der Waals surface area contributed by atoms with Gasteiger partial charge in [0.25, 0.3) is 0 Å². The molecule has 4 N–H and O–H groups in total. The van der Waals surface area contributed by atoms with E-state index < -0.39 is 42.6 Å². The van der Waals surface area contributed by atoms with Gasteiger partial charge >= 0.3 is 11.9 Å². The second-order valence-electron chi connectivity index (χ2n) is 5.45. The molecule has 1 heterocycles. The summed E-state index contributed by atoms with van der Waals surface area (Å²) in [6, 6.07) is 0. The number of hydrogen-bond donors (Lipinski definition) is 4. The minimum Gasteiger partial charge on any atom is -0.479 e. The predicted molar refractivity (Wildman–Crippen MR) is 73.7 cm³/mol. The number of ether oxygens (including phenoxy) is 2. The standard InChI is InChI=1S/C14H24O8/c1-3-5-7(6-4-2)13(20)22-14-10(17)8(15)9(16)11(21-14)12(18)19/h7-11,14-17H,3-6H2,1-2H3,(H,18,19)/t8?,9-,10?,11?,14-/m1/s1. The molecule has 0 amide bonds. The summed E-state index contributed by atoms with van der Waals surface area (Å²) in [5.74, 6) is -2.50. The van der Waals surface area contributed by atoms with E-state index in [1.165, 1.54) is 0 Å². The minimum atomic E-state index is -1.80. The molecule has 22 heavy (non-hydrogen) atoms. The largest absolute Gasteiger partial charge is 0.479 e. The predicted octanol–water partition coefficient (Wildman–Crippen LogP) is -0.362. The fraction of sp³-hybridized carbons (Fsp3) is 0.857. The summed E-state index contributed by atoms with van der Waals surface area (Å²) < 4.78 is 9.94. The molecule has 128 valence electrons. The lowest BCUT2D eigenvalue weighted by molar-refractivity contribution is -0.287. The number of hydrogen-bond acceptors (Lipinski definition) is 7. The lowest BCUT2D eigenvalue weighted by atomic mass is 9.97. The van der Waals surface area contributed by atoms with Gasteiger partial charge in [-0.1, -0.05) is 26.7 Å². The SMILES string of the molecule is CCCC(CCC)C(=O)O[C@H]1OC(C(=O)O)[C@H](O)C(O)C1O. The second-order valence-corrected chi connectivity index (χ2v) is 5.45. The summed E-state index contributed by atoms with van der Waals surface area (Å²) in [5.41, 5.74) is 0. The molecule has 1 saturated heterocycles. The highest BCUT2D eigenvalue weighted by Crippen LogP contribution is 2.24. The maximum Gasteiger partial charge on any atom is 0.335 e. The van der Waals surface area contributed by atoms with Gasteiger partial charge in [0.2, 0.25) is 6.29 Å². The van der Waals surface area contributed by atoms with Crippen molar-refractivity contribution in [2.24, 2.45) is 5.92 Å². The molecule has 0 aromatic carbocycles. The van der Waals surface area contributed by atoms with Gasteiger partial charge in [-0.3, -0.25) is 4.79 Å². The summed E-state index contributed by atoms with van der Waals surface area (Å²) in [6.07, 6.45) is -5.94. The van der Waals surface area contributed by atoms with Crippen LogP contribution in [0.3, 0.4) is 0 Å². The first-order valence-corrected chi connectivity index (χ1v) is 7.46. The Morgan fingerprint density at radius 3 is 2.05 bits per heavy atom. The quantitative estimate of drug-likeness (QED) is 0.467. The van der Waals surface area contributed by atoms with Crippen molar-refractivity contribution in [1.29, 1.82) is 0 Å². The average Bonchev–Trinajstić information content (AvgIpc) is 2.47. The fourth-order valence-electron chi connectivity index (χ4n) is 2.44. The van der Waals surface area contributed by atoms with Crippen LogP contribution in [0.5, 0.6) is 0 Å². The van der Waals surface area contributed by atoms with Crippen molar-refractivity contribution in [2.45, 2.75) is 70.2 Å². The number of esters is 1. The molecule has 0 spiro atoms. The number of aliphatic hydroxyl groups is 3. The van der Waals surface area contributed by atoms with Crippen molar-refractivity contribution in [3.8, 4) is 0 Å². The van der Waals surface area contributed by atoms with Gasteiger partial charge in [-0.2, -0.15) is 0 Å². The topological polar surface area (TPSA) is 134 Å². The first-order chi connectivity index (χ1) is 10.3. The van der Waals surface area contributed by atoms with Crippen LogP contribution in [-0.4, -0.2) is 63.1 Å². The van der Waals surface area contributed by atoms with E-state index in [0.717, 1.165) is 12.8 Å². The Morgan fingerprint density at radius 1 is 1.05 bits per heavy atom. The molecule has 0 aromatic heterocycles. The third-order valence-electron chi connectivity index (χ3n) is 3.65. The van der Waals surface area contributed by atoms with Gasteiger partial charge in [0.05, 0.1) is 5.92 Å². The van der Waals surface area contributed by atoms with E-state index in [0.29, 0.717) is 12.8 Å². The maximum absolute atomic E-state index is 12.1. The van der Waals surface area contributed by atoms with Crippen molar-refractivity contribution in [1.82, 2.24) is 0 Å². The fourth-order valence-corrected chi connectivity index (χ4v) is 2.44. The molecule has 1 fully saturated rings. The Kier molecular flexibility index (Phi) is 7.21. The summed E-state index contributed by atoms with van der Waals surface area (Å²) >= 11 is 0. The minimum absolute atomic E-state index is 0.377. The molecule has 0 radical (unpaired) electrons. The van der Waals surface area contributed by atoms with E-state index in [4.69, 9.17) is 14.6 Å². The van der Waals surface area contributed by atoms with Gasteiger partial charge in [-0.15, -0.1) is 0 Å². The lowest BCUT2D eigenvalue weighted by Crippen LogP contribution is -2.60. The van der Waals surface area contributed by atoms with Gasteiger partial charge in [0, 0.05) is 0 Å². The molecule has 3 unspecified atom stereocenters. The van der Waals surface area contributed by atoms with Gasteiger partial charge in [-0.05, 0) is 12.8 Å². The van der Waals surface area contributed by atoms with Crippen LogP contribution in [0.1, 0.15) is 39.5 Å². The van der Waals surface area contributed by atoms with Crippen LogP contribution in [0.15, 0.2) is 0 Å². The smallest absolute Gasteiger partial charge is 0.335 e. The number of carboxylic acid groups (broad SMARTS) is 1. The molecular formula is C14H24O8. The summed E-state index contributed by atoms with van der Waals surface area (Å²) in [4.78, 5) is 23.1. The molecule has 1 aliphatic rings. The van der Waals surface area contributed by atoms with E-state index in [9.17, 15) is 24.9 Å². The molecule has 1 rings (SSSR count). The van der Waals surface area contributed by atoms with Crippen molar-refractivity contribution in [3.05, 3.63) is 0 Å². The van der Waals surface area contributed by atoms with Gasteiger partial charge < -0.3 is 29.9 Å². The van der Waals surface area contributed by atoms with E-state index in [-0.39, 0.29) is 5.92 Å². The van der Waals surface area contributed by atoms with Crippen LogP contribution >= 0.6 is 0 Å². The normalized spacial score (nSPS) is 32.0. The maximum atomic E-state index is 12.1. The van der Waals surface area contributed by atoms with Crippen LogP contribution in [0.4, 0.5) is 0 Å². The number of aliphatic hydroxyl groups excluding tert-OH is 3. The summed E-state index contributed by atoms with van der Waals surface area (Å²) in [5, 5.41) is 37.9. The van der Waals surface area contributed by atoms with E-state index in [1.807, 2.05) is 13.8 Å². The summed E-state index contributed by atoms with van der Waals surface area (Å²) in [6.45, 7) is 3.84. The molecule has 0 bridgehead atoms. The van der Waals surface area contributed by atoms with Gasteiger partial charge in [-0.25, -0.2) is 4.79 Å². The summed E-state index contributed by atoms with van der Waals surface area (Å²) in [7, 11) is 0. The van der Waals surface area contributed by atoms with Crippen LogP contribution < -0.4 is 0 Å². The number of aliphatic carboxylic acids is 1. The molecular weight excluding hydrogens is 296 g/mol. The zero-order valence-electron chi connectivity index (χ0n) is 12.7. The van der Waals surface area contributed by atoms with Crippen molar-refractivity contribution >= 4 is 11.9 Å². The number of carboxylic acids is 1. The van der Waals surface area contributed by atoms with Gasteiger partial charge in [0.15, 0.2) is 6.10 Å². The van der Waals surface area contributed by atoms with Crippen molar-refractivity contribution in [2.75, 3.05) is 0 Å². The number of carbonyl (C=O) groups excluding carboxylic acids is 1. The van der Waals surface area contributed by atoms with Crippen LogP contribution in [0.25, 0.3) is 0 Å². The monoisotopic (exact) mass is 320 g/mol. The van der Waals surface area contributed by atoms with Crippen molar-refractivity contribution < 1.29 is 39.5 Å². The van der Waals surface area contributed by atoms with Crippen LogP contribution in [0.2, 0.25) is 0 Å². The zero-order valence-corrected chi connectivity index (χ0v) is 12.7. The molecule has 5 atom stereocenters. The van der Waals surface area contributed by atoms with E-state index >= 15 is 0 Å².